The van der Waals surface area contributed by atoms with Gasteiger partial charge >= 0.3 is 6.09 Å². The zero-order chi connectivity index (χ0) is 16.0. The SMILES string of the molecule is COc1ccc(NC(=O)OC(C)(C)C)cc1[C@H](O)CCN. The Kier molecular flexibility index (Phi) is 5.99. The smallest absolute Gasteiger partial charge is 0.412 e. The minimum absolute atomic E-state index is 0.355. The highest BCUT2D eigenvalue weighted by Crippen LogP contribution is 2.30. The molecule has 1 rings (SSSR count). The van der Waals surface area contributed by atoms with Crippen molar-refractivity contribution in [2.75, 3.05) is 19.0 Å². The van der Waals surface area contributed by atoms with Crippen LogP contribution in [0.1, 0.15) is 38.9 Å². The summed E-state index contributed by atoms with van der Waals surface area (Å²) < 4.78 is 10.4. The molecule has 0 aliphatic carbocycles. The number of ether oxygens (including phenoxy) is 2. The van der Waals surface area contributed by atoms with Gasteiger partial charge in [0.1, 0.15) is 11.4 Å². The Balaban J connectivity index is 2.90. The molecule has 1 amide bonds. The van der Waals surface area contributed by atoms with Gasteiger partial charge in [-0.25, -0.2) is 4.79 Å². The van der Waals surface area contributed by atoms with Gasteiger partial charge in [-0.15, -0.1) is 0 Å². The van der Waals surface area contributed by atoms with Crippen LogP contribution in [-0.2, 0) is 4.74 Å². The van der Waals surface area contributed by atoms with Crippen LogP contribution < -0.4 is 15.8 Å². The summed E-state index contributed by atoms with van der Waals surface area (Å²) in [7, 11) is 1.52. The Bertz CT molecular complexity index is 483. The van der Waals surface area contributed by atoms with Crippen molar-refractivity contribution in [1.29, 1.82) is 0 Å². The summed E-state index contributed by atoms with van der Waals surface area (Å²) in [4.78, 5) is 11.7. The molecular weight excluding hydrogens is 272 g/mol. The number of methoxy groups -OCH3 is 1. The molecule has 0 aromatic heterocycles. The standard InChI is InChI=1S/C15H24N2O4/c1-15(2,3)21-14(19)17-10-5-6-13(20-4)11(9-10)12(18)7-8-16/h5-6,9,12,18H,7-8,16H2,1-4H3,(H,17,19)/t12-/m1/s1. The molecule has 1 aromatic rings. The predicted octanol–water partition coefficient (Wildman–Crippen LogP) is 2.42. The number of anilines is 1. The van der Waals surface area contributed by atoms with Crippen LogP contribution in [0.5, 0.6) is 5.75 Å². The quantitative estimate of drug-likeness (QED) is 0.776. The summed E-state index contributed by atoms with van der Waals surface area (Å²) in [5.41, 5.74) is 5.99. The Morgan fingerprint density at radius 2 is 2.10 bits per heavy atom. The van der Waals surface area contributed by atoms with E-state index >= 15 is 0 Å². The summed E-state index contributed by atoms with van der Waals surface area (Å²) in [5, 5.41) is 12.7. The van der Waals surface area contributed by atoms with Gasteiger partial charge in [-0.05, 0) is 51.9 Å². The molecule has 0 spiro atoms. The summed E-state index contributed by atoms with van der Waals surface area (Å²) in [5.74, 6) is 0.547. The van der Waals surface area contributed by atoms with Gasteiger partial charge in [-0.3, -0.25) is 5.32 Å². The van der Waals surface area contributed by atoms with Crippen LogP contribution in [0.15, 0.2) is 18.2 Å². The maximum atomic E-state index is 11.7. The minimum Gasteiger partial charge on any atom is -0.496 e. The van der Waals surface area contributed by atoms with Crippen LogP contribution in [0, 0.1) is 0 Å². The summed E-state index contributed by atoms with van der Waals surface area (Å²) in [6, 6.07) is 5.02. The molecule has 6 nitrogen and oxygen atoms in total. The van der Waals surface area contributed by atoms with Crippen molar-refractivity contribution in [3.05, 3.63) is 23.8 Å². The maximum Gasteiger partial charge on any atom is 0.412 e. The fraction of sp³-hybridized carbons (Fsp3) is 0.533. The third-order valence-electron chi connectivity index (χ3n) is 2.67. The van der Waals surface area contributed by atoms with Crippen molar-refractivity contribution in [2.45, 2.75) is 38.9 Å². The first-order valence-electron chi connectivity index (χ1n) is 6.83. The van der Waals surface area contributed by atoms with Crippen molar-refractivity contribution in [3.8, 4) is 5.75 Å². The van der Waals surface area contributed by atoms with Crippen LogP contribution in [-0.4, -0.2) is 30.5 Å². The summed E-state index contributed by atoms with van der Waals surface area (Å²) >= 11 is 0. The topological polar surface area (TPSA) is 93.8 Å². The molecule has 0 unspecified atom stereocenters. The lowest BCUT2D eigenvalue weighted by atomic mass is 10.0. The lowest BCUT2D eigenvalue weighted by molar-refractivity contribution is 0.0635. The highest BCUT2D eigenvalue weighted by atomic mass is 16.6. The van der Waals surface area contributed by atoms with E-state index in [1.807, 2.05) is 0 Å². The fourth-order valence-corrected chi connectivity index (χ4v) is 1.81. The van der Waals surface area contributed by atoms with E-state index in [2.05, 4.69) is 5.32 Å². The average molecular weight is 296 g/mol. The highest BCUT2D eigenvalue weighted by Gasteiger charge is 2.18. The second kappa shape index (κ2) is 7.28. The lowest BCUT2D eigenvalue weighted by Gasteiger charge is -2.20. The maximum absolute atomic E-state index is 11.7. The summed E-state index contributed by atoms with van der Waals surface area (Å²) in [6.45, 7) is 5.72. The Hall–Kier alpha value is -1.79. The normalized spacial score (nSPS) is 12.7. The zero-order valence-corrected chi connectivity index (χ0v) is 13.0. The van der Waals surface area contributed by atoms with Crippen LogP contribution in [0.4, 0.5) is 10.5 Å². The number of carbonyl (C=O) groups excluding carboxylic acids is 1. The average Bonchev–Trinajstić information content (AvgIpc) is 2.36. The molecule has 0 bridgehead atoms. The van der Waals surface area contributed by atoms with Gasteiger partial charge in [0, 0.05) is 11.3 Å². The highest BCUT2D eigenvalue weighted by molar-refractivity contribution is 5.85. The number of rotatable bonds is 5. The molecule has 4 N–H and O–H groups in total. The number of benzene rings is 1. The molecule has 6 heteroatoms. The molecule has 1 atom stereocenters. The molecule has 0 fully saturated rings. The van der Waals surface area contributed by atoms with Crippen molar-refractivity contribution in [2.24, 2.45) is 5.73 Å². The number of amides is 1. The molecule has 0 aliphatic heterocycles. The van der Waals surface area contributed by atoms with E-state index in [9.17, 15) is 9.90 Å². The molecule has 1 aromatic carbocycles. The van der Waals surface area contributed by atoms with E-state index in [1.54, 1.807) is 39.0 Å². The number of hydrogen-bond donors (Lipinski definition) is 3. The van der Waals surface area contributed by atoms with Gasteiger partial charge in [0.2, 0.25) is 0 Å². The third-order valence-corrected chi connectivity index (χ3v) is 2.67. The van der Waals surface area contributed by atoms with Gasteiger partial charge in [0.05, 0.1) is 13.2 Å². The van der Waals surface area contributed by atoms with Crippen molar-refractivity contribution in [1.82, 2.24) is 0 Å². The number of nitrogens with two attached hydrogens (primary N) is 1. The first-order valence-corrected chi connectivity index (χ1v) is 6.83. The van der Waals surface area contributed by atoms with Gasteiger partial charge in [0.25, 0.3) is 0 Å². The first kappa shape index (κ1) is 17.3. The fourth-order valence-electron chi connectivity index (χ4n) is 1.81. The van der Waals surface area contributed by atoms with E-state index in [0.29, 0.717) is 30.0 Å². The Morgan fingerprint density at radius 3 is 2.62 bits per heavy atom. The van der Waals surface area contributed by atoms with Gasteiger partial charge in [-0.2, -0.15) is 0 Å². The summed E-state index contributed by atoms with van der Waals surface area (Å²) in [6.07, 6.45) is -0.885. The van der Waals surface area contributed by atoms with Gasteiger partial charge < -0.3 is 20.3 Å². The second-order valence-corrected chi connectivity index (χ2v) is 5.68. The molecule has 118 valence electrons. The molecule has 0 aliphatic rings. The van der Waals surface area contributed by atoms with Crippen molar-refractivity contribution in [3.63, 3.8) is 0 Å². The molecule has 0 radical (unpaired) electrons. The minimum atomic E-state index is -0.745. The first-order chi connectivity index (χ1) is 9.76. The lowest BCUT2D eigenvalue weighted by Crippen LogP contribution is -2.27. The third kappa shape index (κ3) is 5.61. The largest absolute Gasteiger partial charge is 0.496 e. The van der Waals surface area contributed by atoms with Crippen LogP contribution in [0.2, 0.25) is 0 Å². The molecular formula is C15H24N2O4. The monoisotopic (exact) mass is 296 g/mol. The van der Waals surface area contributed by atoms with Crippen LogP contribution in [0.3, 0.4) is 0 Å². The zero-order valence-electron chi connectivity index (χ0n) is 13.0. The molecule has 0 saturated heterocycles. The van der Waals surface area contributed by atoms with Crippen LogP contribution >= 0.6 is 0 Å². The van der Waals surface area contributed by atoms with E-state index in [4.69, 9.17) is 15.2 Å². The van der Waals surface area contributed by atoms with Crippen LogP contribution in [0.25, 0.3) is 0 Å². The Labute approximate surface area is 125 Å². The number of hydrogen-bond acceptors (Lipinski definition) is 5. The van der Waals surface area contributed by atoms with Crippen molar-refractivity contribution >= 4 is 11.8 Å². The van der Waals surface area contributed by atoms with E-state index < -0.39 is 17.8 Å². The van der Waals surface area contributed by atoms with Gasteiger partial charge in [0.15, 0.2) is 0 Å². The van der Waals surface area contributed by atoms with E-state index in [-0.39, 0.29) is 0 Å². The van der Waals surface area contributed by atoms with Crippen molar-refractivity contribution < 1.29 is 19.4 Å². The molecule has 0 heterocycles. The molecule has 21 heavy (non-hydrogen) atoms. The number of aliphatic hydroxyl groups is 1. The predicted molar refractivity (Wildman–Crippen MR) is 81.5 cm³/mol. The second-order valence-electron chi connectivity index (χ2n) is 5.68. The molecule has 0 saturated carbocycles. The van der Waals surface area contributed by atoms with Gasteiger partial charge in [-0.1, -0.05) is 0 Å². The van der Waals surface area contributed by atoms with E-state index in [0.717, 1.165) is 0 Å². The van der Waals surface area contributed by atoms with E-state index in [1.165, 1.54) is 7.11 Å². The number of nitrogens with one attached hydrogen (secondary N) is 1. The number of carbonyl (C=O) groups is 1. The Morgan fingerprint density at radius 1 is 1.43 bits per heavy atom. The number of aliphatic hydroxyl groups excluding tert-OH is 1.